The summed E-state index contributed by atoms with van der Waals surface area (Å²) in [6, 6.07) is 13.0. The first-order valence-corrected chi connectivity index (χ1v) is 11.1. The molecule has 1 atom stereocenters. The molecule has 0 bridgehead atoms. The van der Waals surface area contributed by atoms with E-state index in [0.29, 0.717) is 48.1 Å². The molecule has 9 heteroatoms. The Morgan fingerprint density at radius 2 is 1.80 bits per heavy atom. The Kier molecular flexibility index (Phi) is 7.67. The van der Waals surface area contributed by atoms with E-state index in [1.165, 1.54) is 0 Å². The summed E-state index contributed by atoms with van der Waals surface area (Å²) in [6.07, 6.45) is 6.34. The van der Waals surface area contributed by atoms with Gasteiger partial charge in [-0.15, -0.1) is 0 Å². The Bertz CT molecular complexity index is 1180. The minimum Gasteiger partial charge on any atom is -0.493 e. The van der Waals surface area contributed by atoms with Crippen molar-refractivity contribution in [2.24, 2.45) is 0 Å². The highest BCUT2D eigenvalue weighted by atomic mass is 16.6. The molecule has 9 nitrogen and oxygen atoms in total. The van der Waals surface area contributed by atoms with Gasteiger partial charge in [-0.05, 0) is 48.6 Å². The molecule has 0 aliphatic carbocycles. The number of cyclic esters (lactones) is 2. The minimum absolute atomic E-state index is 0.165. The van der Waals surface area contributed by atoms with Gasteiger partial charge in [0.1, 0.15) is 24.6 Å². The maximum atomic E-state index is 11.6. The second-order valence-corrected chi connectivity index (χ2v) is 7.84. The molecule has 35 heavy (non-hydrogen) atoms. The number of nitrogens with zero attached hydrogens (tertiary/aromatic N) is 1. The first-order chi connectivity index (χ1) is 17.1. The summed E-state index contributed by atoms with van der Waals surface area (Å²) in [4.78, 5) is 27.2. The van der Waals surface area contributed by atoms with Crippen LogP contribution in [0.5, 0.6) is 17.2 Å². The predicted octanol–water partition coefficient (Wildman–Crippen LogP) is 4.40. The molecule has 1 aromatic heterocycles. The Hall–Kier alpha value is -4.27. The molecule has 3 aromatic rings. The van der Waals surface area contributed by atoms with E-state index in [0.717, 1.165) is 11.1 Å². The summed E-state index contributed by atoms with van der Waals surface area (Å²) in [5, 5.41) is 2.50. The Labute approximate surface area is 202 Å². The molecule has 1 amide bonds. The van der Waals surface area contributed by atoms with Crippen molar-refractivity contribution >= 4 is 24.2 Å². The number of aryl methyl sites for hydroxylation is 1. The zero-order valence-electron chi connectivity index (χ0n) is 19.5. The highest BCUT2D eigenvalue weighted by Gasteiger charge is 2.31. The van der Waals surface area contributed by atoms with Crippen LogP contribution in [0.2, 0.25) is 0 Å². The molecule has 0 saturated carbocycles. The van der Waals surface area contributed by atoms with Crippen LogP contribution in [0.25, 0.3) is 12.2 Å². The standard InChI is InChI=1S/C26H26N2O7/c1-31-21-13-18(9-6-10-20-25(29)35-26(30)28-20)14-22(32-2)24(21)34-16-19-15-33-23(27-19)12-11-17-7-4-3-5-8-17/h3-5,7-8,11-15,20H,6,9-10,16H2,1-2H3,(H,28,30). The lowest BCUT2D eigenvalue weighted by Crippen LogP contribution is -2.28. The summed E-state index contributed by atoms with van der Waals surface area (Å²) in [5.41, 5.74) is 2.61. The lowest BCUT2D eigenvalue weighted by atomic mass is 10.0. The molecule has 1 unspecified atom stereocenters. The van der Waals surface area contributed by atoms with Crippen LogP contribution in [0, 0.1) is 0 Å². The zero-order valence-corrected chi connectivity index (χ0v) is 19.5. The van der Waals surface area contributed by atoms with E-state index in [4.69, 9.17) is 18.6 Å². The normalized spacial score (nSPS) is 15.2. The van der Waals surface area contributed by atoms with E-state index in [1.54, 1.807) is 26.6 Å². The molecule has 1 fully saturated rings. The maximum absolute atomic E-state index is 11.6. The molecular formula is C26H26N2O7. The highest BCUT2D eigenvalue weighted by Crippen LogP contribution is 2.39. The van der Waals surface area contributed by atoms with Gasteiger partial charge in [0.25, 0.3) is 0 Å². The monoisotopic (exact) mass is 478 g/mol. The fourth-order valence-corrected chi connectivity index (χ4v) is 3.66. The molecule has 0 spiro atoms. The second-order valence-electron chi connectivity index (χ2n) is 7.84. The smallest absolute Gasteiger partial charge is 0.415 e. The topological polar surface area (TPSA) is 109 Å². The number of carbonyl (C=O) groups excluding carboxylic acids is 2. The first-order valence-electron chi connectivity index (χ1n) is 11.1. The number of hydrogen-bond donors (Lipinski definition) is 1. The number of aromatic nitrogens is 1. The van der Waals surface area contributed by atoms with E-state index in [9.17, 15) is 9.59 Å². The molecule has 4 rings (SSSR count). The van der Waals surface area contributed by atoms with E-state index >= 15 is 0 Å². The summed E-state index contributed by atoms with van der Waals surface area (Å²) in [7, 11) is 3.11. The van der Waals surface area contributed by atoms with Crippen LogP contribution in [-0.2, 0) is 22.6 Å². The fraction of sp³-hybridized carbons (Fsp3) is 0.269. The number of carbonyl (C=O) groups is 2. The van der Waals surface area contributed by atoms with Gasteiger partial charge in [-0.3, -0.25) is 0 Å². The lowest BCUT2D eigenvalue weighted by Gasteiger charge is -2.16. The number of alkyl carbamates (subject to hydrolysis) is 1. The van der Waals surface area contributed by atoms with Gasteiger partial charge in [-0.1, -0.05) is 30.3 Å². The van der Waals surface area contributed by atoms with Gasteiger partial charge in [-0.25, -0.2) is 14.6 Å². The number of esters is 1. The van der Waals surface area contributed by atoms with E-state index in [2.05, 4.69) is 15.0 Å². The molecule has 1 aliphatic rings. The number of methoxy groups -OCH3 is 2. The Morgan fingerprint density at radius 1 is 1.06 bits per heavy atom. The molecule has 182 valence electrons. The van der Waals surface area contributed by atoms with Crippen molar-refractivity contribution in [2.45, 2.75) is 31.9 Å². The van der Waals surface area contributed by atoms with Crippen LogP contribution in [-0.4, -0.2) is 37.3 Å². The van der Waals surface area contributed by atoms with Gasteiger partial charge in [0.05, 0.1) is 14.2 Å². The van der Waals surface area contributed by atoms with Crippen LogP contribution in [0.4, 0.5) is 4.79 Å². The van der Waals surface area contributed by atoms with Crippen molar-refractivity contribution in [1.29, 1.82) is 0 Å². The van der Waals surface area contributed by atoms with Crippen LogP contribution in [0.1, 0.15) is 35.6 Å². The molecule has 0 radical (unpaired) electrons. The van der Waals surface area contributed by atoms with Crippen molar-refractivity contribution in [3.63, 3.8) is 0 Å². The van der Waals surface area contributed by atoms with Crippen molar-refractivity contribution in [1.82, 2.24) is 10.3 Å². The molecular weight excluding hydrogens is 452 g/mol. The van der Waals surface area contributed by atoms with Crippen molar-refractivity contribution in [3.8, 4) is 17.2 Å². The molecule has 2 heterocycles. The number of hydrogen-bond acceptors (Lipinski definition) is 8. The zero-order chi connectivity index (χ0) is 24.6. The quantitative estimate of drug-likeness (QED) is 0.319. The van der Waals surface area contributed by atoms with Crippen LogP contribution >= 0.6 is 0 Å². The van der Waals surface area contributed by atoms with E-state index < -0.39 is 18.1 Å². The number of oxazole rings is 1. The van der Waals surface area contributed by atoms with Crippen LogP contribution < -0.4 is 19.5 Å². The van der Waals surface area contributed by atoms with Crippen molar-refractivity contribution in [3.05, 3.63) is 71.4 Å². The number of ether oxygens (including phenoxy) is 4. The average molecular weight is 479 g/mol. The summed E-state index contributed by atoms with van der Waals surface area (Å²) < 4.78 is 27.0. The molecule has 1 aliphatic heterocycles. The number of nitrogens with one attached hydrogen (secondary N) is 1. The van der Waals surface area contributed by atoms with Crippen LogP contribution in [0.3, 0.4) is 0 Å². The highest BCUT2D eigenvalue weighted by molar-refractivity contribution is 5.95. The fourth-order valence-electron chi connectivity index (χ4n) is 3.66. The Morgan fingerprint density at radius 3 is 2.46 bits per heavy atom. The summed E-state index contributed by atoms with van der Waals surface area (Å²) >= 11 is 0. The summed E-state index contributed by atoms with van der Waals surface area (Å²) in [5.74, 6) is 1.42. The second kappa shape index (κ2) is 11.2. The Balaban J connectivity index is 1.37. The maximum Gasteiger partial charge on any atom is 0.415 e. The van der Waals surface area contributed by atoms with E-state index in [1.807, 2.05) is 48.5 Å². The van der Waals surface area contributed by atoms with Gasteiger partial charge < -0.3 is 28.7 Å². The predicted molar refractivity (Wildman–Crippen MR) is 127 cm³/mol. The van der Waals surface area contributed by atoms with Crippen molar-refractivity contribution < 1.29 is 33.0 Å². The third-order valence-corrected chi connectivity index (χ3v) is 5.40. The average Bonchev–Trinajstić information content (AvgIpc) is 3.46. The largest absolute Gasteiger partial charge is 0.493 e. The van der Waals surface area contributed by atoms with Gasteiger partial charge in [-0.2, -0.15) is 0 Å². The third kappa shape index (κ3) is 6.20. The van der Waals surface area contributed by atoms with E-state index in [-0.39, 0.29) is 6.61 Å². The van der Waals surface area contributed by atoms with Gasteiger partial charge in [0.15, 0.2) is 11.5 Å². The number of benzene rings is 2. The number of amides is 1. The van der Waals surface area contributed by atoms with Gasteiger partial charge in [0, 0.05) is 6.08 Å². The van der Waals surface area contributed by atoms with Gasteiger partial charge >= 0.3 is 12.1 Å². The molecule has 1 N–H and O–H groups in total. The van der Waals surface area contributed by atoms with Crippen LogP contribution in [0.15, 0.2) is 53.1 Å². The minimum atomic E-state index is -0.698. The SMILES string of the molecule is COc1cc(CCCC2NC(=O)OC2=O)cc(OC)c1OCc1coc(C=Cc2ccccc2)n1. The van der Waals surface area contributed by atoms with Crippen molar-refractivity contribution in [2.75, 3.05) is 14.2 Å². The first kappa shape index (κ1) is 23.9. The number of rotatable bonds is 11. The third-order valence-electron chi connectivity index (χ3n) is 5.40. The molecule has 1 saturated heterocycles. The van der Waals surface area contributed by atoms with Gasteiger partial charge in [0.2, 0.25) is 11.6 Å². The molecule has 2 aromatic carbocycles. The lowest BCUT2D eigenvalue weighted by molar-refractivity contribution is -0.135. The summed E-state index contributed by atoms with van der Waals surface area (Å²) in [6.45, 7) is 0.165.